The van der Waals surface area contributed by atoms with Crippen LogP contribution < -0.4 is 0 Å². The molecule has 1 nitrogen and oxygen atoms in total. The summed E-state index contributed by atoms with van der Waals surface area (Å²) in [7, 11) is 0. The minimum Gasteiger partial charge on any atom is -0.258 e. The van der Waals surface area contributed by atoms with Gasteiger partial charge in [0.1, 0.15) is 12.0 Å². The standard InChI is InChI=1S/C9H9F2N/c10-7-4-6(5-7)9-8(11)2-1-3-12-9/h1-3,6-7H,4-5H2. The van der Waals surface area contributed by atoms with Crippen LogP contribution in [0.2, 0.25) is 0 Å². The van der Waals surface area contributed by atoms with Crippen molar-refractivity contribution in [2.24, 2.45) is 0 Å². The maximum Gasteiger partial charge on any atom is 0.144 e. The van der Waals surface area contributed by atoms with E-state index >= 15 is 0 Å². The Labute approximate surface area is 69.4 Å². The molecule has 1 aromatic rings. The zero-order chi connectivity index (χ0) is 8.55. The van der Waals surface area contributed by atoms with Crippen molar-refractivity contribution in [3.8, 4) is 0 Å². The number of alkyl halides is 1. The smallest absolute Gasteiger partial charge is 0.144 e. The third-order valence-corrected chi connectivity index (χ3v) is 2.25. The van der Waals surface area contributed by atoms with Crippen LogP contribution in [0.3, 0.4) is 0 Å². The van der Waals surface area contributed by atoms with Gasteiger partial charge in [-0.2, -0.15) is 0 Å². The molecule has 0 unspecified atom stereocenters. The van der Waals surface area contributed by atoms with E-state index in [1.165, 1.54) is 6.07 Å². The highest BCUT2D eigenvalue weighted by Crippen LogP contribution is 2.38. The Morgan fingerprint density at radius 3 is 2.75 bits per heavy atom. The molecule has 1 saturated carbocycles. The van der Waals surface area contributed by atoms with Crippen LogP contribution in [0.25, 0.3) is 0 Å². The SMILES string of the molecule is Fc1cccnc1C1CC(F)C1. The predicted molar refractivity (Wildman–Crippen MR) is 41.1 cm³/mol. The normalized spacial score (nSPS) is 28.2. The molecule has 64 valence electrons. The molecule has 0 atom stereocenters. The molecule has 1 fully saturated rings. The molecule has 0 radical (unpaired) electrons. The average molecular weight is 169 g/mol. The number of halogens is 2. The first kappa shape index (κ1) is 7.65. The Kier molecular flexibility index (Phi) is 1.79. The minimum atomic E-state index is -0.753. The first-order valence-electron chi connectivity index (χ1n) is 4.02. The van der Waals surface area contributed by atoms with Crippen molar-refractivity contribution in [2.45, 2.75) is 24.9 Å². The predicted octanol–water partition coefficient (Wildman–Crippen LogP) is 2.44. The van der Waals surface area contributed by atoms with E-state index in [2.05, 4.69) is 4.98 Å². The van der Waals surface area contributed by atoms with Gasteiger partial charge in [0.05, 0.1) is 5.69 Å². The molecule has 0 N–H and O–H groups in total. The van der Waals surface area contributed by atoms with Crippen LogP contribution in [-0.2, 0) is 0 Å². The second-order valence-corrected chi connectivity index (χ2v) is 3.14. The minimum absolute atomic E-state index is 0.00111. The fourth-order valence-corrected chi connectivity index (χ4v) is 1.47. The first-order valence-corrected chi connectivity index (χ1v) is 4.02. The number of aromatic nitrogens is 1. The van der Waals surface area contributed by atoms with Crippen LogP contribution in [0.1, 0.15) is 24.5 Å². The fourth-order valence-electron chi connectivity index (χ4n) is 1.47. The lowest BCUT2D eigenvalue weighted by Gasteiger charge is -2.28. The van der Waals surface area contributed by atoms with Gasteiger partial charge in [-0.15, -0.1) is 0 Å². The topological polar surface area (TPSA) is 12.9 Å². The number of rotatable bonds is 1. The van der Waals surface area contributed by atoms with Crippen LogP contribution in [0.15, 0.2) is 18.3 Å². The van der Waals surface area contributed by atoms with Crippen molar-refractivity contribution in [2.75, 3.05) is 0 Å². The molecular weight excluding hydrogens is 160 g/mol. The van der Waals surface area contributed by atoms with E-state index in [1.54, 1.807) is 12.3 Å². The molecule has 0 amide bonds. The summed E-state index contributed by atoms with van der Waals surface area (Å²) in [5.41, 5.74) is 0.423. The van der Waals surface area contributed by atoms with Gasteiger partial charge in [-0.1, -0.05) is 0 Å². The van der Waals surface area contributed by atoms with E-state index in [4.69, 9.17) is 0 Å². The van der Waals surface area contributed by atoms with E-state index in [0.29, 0.717) is 18.5 Å². The van der Waals surface area contributed by atoms with E-state index in [-0.39, 0.29) is 11.7 Å². The highest BCUT2D eigenvalue weighted by molar-refractivity contribution is 5.15. The number of nitrogens with zero attached hydrogens (tertiary/aromatic N) is 1. The van der Waals surface area contributed by atoms with Crippen molar-refractivity contribution < 1.29 is 8.78 Å². The van der Waals surface area contributed by atoms with Gasteiger partial charge in [0, 0.05) is 12.1 Å². The second kappa shape index (κ2) is 2.81. The number of hydrogen-bond acceptors (Lipinski definition) is 1. The van der Waals surface area contributed by atoms with Crippen molar-refractivity contribution in [3.05, 3.63) is 29.8 Å². The molecule has 1 aromatic heterocycles. The fraction of sp³-hybridized carbons (Fsp3) is 0.444. The van der Waals surface area contributed by atoms with E-state index in [1.807, 2.05) is 0 Å². The summed E-state index contributed by atoms with van der Waals surface area (Å²) in [6.07, 6.45) is 1.64. The van der Waals surface area contributed by atoms with Crippen LogP contribution in [-0.4, -0.2) is 11.2 Å². The van der Waals surface area contributed by atoms with Gasteiger partial charge >= 0.3 is 0 Å². The lowest BCUT2D eigenvalue weighted by Crippen LogP contribution is -2.24. The second-order valence-electron chi connectivity index (χ2n) is 3.14. The monoisotopic (exact) mass is 169 g/mol. The molecule has 0 bridgehead atoms. The van der Waals surface area contributed by atoms with E-state index in [0.717, 1.165) is 0 Å². The van der Waals surface area contributed by atoms with Crippen molar-refractivity contribution >= 4 is 0 Å². The Morgan fingerprint density at radius 1 is 1.42 bits per heavy atom. The van der Waals surface area contributed by atoms with Gasteiger partial charge in [-0.3, -0.25) is 4.98 Å². The Morgan fingerprint density at radius 2 is 2.17 bits per heavy atom. The summed E-state index contributed by atoms with van der Waals surface area (Å²) in [5, 5.41) is 0. The Hall–Kier alpha value is -0.990. The van der Waals surface area contributed by atoms with Gasteiger partial charge in [0.25, 0.3) is 0 Å². The quantitative estimate of drug-likeness (QED) is 0.629. The number of pyridine rings is 1. The lowest BCUT2D eigenvalue weighted by molar-refractivity contribution is 0.174. The molecule has 12 heavy (non-hydrogen) atoms. The summed E-state index contributed by atoms with van der Waals surface area (Å²) < 4.78 is 25.4. The van der Waals surface area contributed by atoms with Crippen LogP contribution >= 0.6 is 0 Å². The number of hydrogen-bond donors (Lipinski definition) is 0. The largest absolute Gasteiger partial charge is 0.258 e. The van der Waals surface area contributed by atoms with Crippen LogP contribution in [0.4, 0.5) is 8.78 Å². The summed E-state index contributed by atoms with van der Waals surface area (Å²) in [6.45, 7) is 0. The highest BCUT2D eigenvalue weighted by atomic mass is 19.1. The van der Waals surface area contributed by atoms with Gasteiger partial charge in [-0.25, -0.2) is 8.78 Å². The van der Waals surface area contributed by atoms with E-state index in [9.17, 15) is 8.78 Å². The maximum atomic E-state index is 13.0. The molecule has 0 spiro atoms. The third kappa shape index (κ3) is 1.19. The maximum absolute atomic E-state index is 13.0. The molecule has 2 rings (SSSR count). The third-order valence-electron chi connectivity index (χ3n) is 2.25. The van der Waals surface area contributed by atoms with Crippen molar-refractivity contribution in [1.82, 2.24) is 4.98 Å². The molecule has 3 heteroatoms. The first-order chi connectivity index (χ1) is 5.77. The van der Waals surface area contributed by atoms with Crippen molar-refractivity contribution in [1.29, 1.82) is 0 Å². The van der Waals surface area contributed by atoms with Crippen molar-refractivity contribution in [3.63, 3.8) is 0 Å². The zero-order valence-corrected chi connectivity index (χ0v) is 6.50. The van der Waals surface area contributed by atoms with E-state index < -0.39 is 6.17 Å². The molecule has 1 heterocycles. The van der Waals surface area contributed by atoms with Gasteiger partial charge in [0.15, 0.2) is 0 Å². The molecular formula is C9H9F2N. The summed E-state index contributed by atoms with van der Waals surface area (Å²) in [4.78, 5) is 3.89. The zero-order valence-electron chi connectivity index (χ0n) is 6.50. The van der Waals surface area contributed by atoms with Crippen LogP contribution in [0, 0.1) is 5.82 Å². The molecule has 0 aromatic carbocycles. The highest BCUT2D eigenvalue weighted by Gasteiger charge is 2.32. The van der Waals surface area contributed by atoms with Gasteiger partial charge < -0.3 is 0 Å². The Balaban J connectivity index is 2.18. The average Bonchev–Trinajstić information content (AvgIpc) is 2.01. The van der Waals surface area contributed by atoms with Gasteiger partial charge in [-0.05, 0) is 25.0 Å². The summed E-state index contributed by atoms with van der Waals surface area (Å²) in [6, 6.07) is 2.91. The summed E-state index contributed by atoms with van der Waals surface area (Å²) in [5.74, 6) is -0.310. The molecule has 1 aliphatic carbocycles. The lowest BCUT2D eigenvalue weighted by atomic mass is 9.81. The molecule has 1 aliphatic rings. The van der Waals surface area contributed by atoms with Crippen LogP contribution in [0.5, 0.6) is 0 Å². The molecule has 0 saturated heterocycles. The molecule has 0 aliphatic heterocycles. The Bertz CT molecular complexity index is 282. The summed E-state index contributed by atoms with van der Waals surface area (Å²) >= 11 is 0. The van der Waals surface area contributed by atoms with Gasteiger partial charge in [0.2, 0.25) is 0 Å².